The van der Waals surface area contributed by atoms with Crippen LogP contribution in [0.4, 0.5) is 13.2 Å². The minimum absolute atomic E-state index is 0.361. The Hall–Kier alpha value is -0.560. The Labute approximate surface area is 102 Å². The molecule has 0 saturated carbocycles. The molecule has 0 fully saturated rings. The van der Waals surface area contributed by atoms with Crippen molar-refractivity contribution in [2.45, 2.75) is 32.6 Å². The van der Waals surface area contributed by atoms with Gasteiger partial charge < -0.3 is 0 Å². The van der Waals surface area contributed by atoms with Crippen molar-refractivity contribution in [2.75, 3.05) is 12.6 Å². The van der Waals surface area contributed by atoms with Gasteiger partial charge in [-0.05, 0) is 32.6 Å². The van der Waals surface area contributed by atoms with Gasteiger partial charge in [-0.2, -0.15) is 0 Å². The molecule has 0 radical (unpaired) electrons. The molecular formula is C13H18F3P. The second-order valence-corrected chi connectivity index (χ2v) is 6.29. The van der Waals surface area contributed by atoms with Gasteiger partial charge in [0.2, 0.25) is 0 Å². The first kappa shape index (κ1) is 14.5. The summed E-state index contributed by atoms with van der Waals surface area (Å²) in [5, 5.41) is 0.361. The number of halogens is 3. The first-order valence-corrected chi connectivity index (χ1v) is 7.66. The maximum Gasteiger partial charge on any atom is 0.133 e. The van der Waals surface area contributed by atoms with E-state index in [-0.39, 0.29) is 0 Å². The van der Waals surface area contributed by atoms with Gasteiger partial charge in [-0.25, -0.2) is 13.2 Å². The minimum Gasteiger partial charge on any atom is -0.246 e. The van der Waals surface area contributed by atoms with E-state index in [0.717, 1.165) is 31.7 Å². The highest BCUT2D eigenvalue weighted by Crippen LogP contribution is 2.36. The van der Waals surface area contributed by atoms with E-state index >= 15 is 0 Å². The fourth-order valence-electron chi connectivity index (χ4n) is 1.71. The van der Waals surface area contributed by atoms with Gasteiger partial charge in [-0.3, -0.25) is 0 Å². The van der Waals surface area contributed by atoms with E-state index in [9.17, 15) is 13.2 Å². The van der Waals surface area contributed by atoms with E-state index in [0.29, 0.717) is 11.5 Å². The van der Waals surface area contributed by atoms with Crippen molar-refractivity contribution >= 4 is 13.2 Å². The molecule has 0 aliphatic heterocycles. The summed E-state index contributed by atoms with van der Waals surface area (Å²) in [5.74, 6) is -1.21. The normalized spacial score (nSPS) is 12.7. The first-order chi connectivity index (χ1) is 8.19. The monoisotopic (exact) mass is 262 g/mol. The summed E-state index contributed by atoms with van der Waals surface area (Å²) in [5.41, 5.74) is 0. The summed E-state index contributed by atoms with van der Waals surface area (Å²) in [6.07, 6.45) is 4.39. The van der Waals surface area contributed by atoms with Crippen molar-refractivity contribution < 1.29 is 13.2 Å². The van der Waals surface area contributed by atoms with Gasteiger partial charge in [0, 0.05) is 11.4 Å². The molecule has 0 heterocycles. The van der Waals surface area contributed by atoms with E-state index in [1.807, 2.05) is 0 Å². The Morgan fingerprint density at radius 2 is 1.88 bits per heavy atom. The van der Waals surface area contributed by atoms with Crippen LogP contribution in [0.5, 0.6) is 0 Å². The minimum atomic E-state index is -1.11. The Bertz CT molecular complexity index is 341. The van der Waals surface area contributed by atoms with Gasteiger partial charge in [0.25, 0.3) is 0 Å². The van der Waals surface area contributed by atoms with Crippen LogP contribution in [0, 0.1) is 11.6 Å². The molecule has 0 aromatic heterocycles. The lowest BCUT2D eigenvalue weighted by atomic mass is 10.2. The third kappa shape index (κ3) is 4.67. The Balaban J connectivity index is 2.59. The van der Waals surface area contributed by atoms with Crippen LogP contribution in [0.1, 0.15) is 32.6 Å². The third-order valence-corrected chi connectivity index (χ3v) is 4.86. The number of alkyl halides is 1. The van der Waals surface area contributed by atoms with Gasteiger partial charge >= 0.3 is 0 Å². The molecule has 1 unspecified atom stereocenters. The Kier molecular flexibility index (Phi) is 6.57. The lowest BCUT2D eigenvalue weighted by Crippen LogP contribution is -2.10. The second-order valence-electron chi connectivity index (χ2n) is 4.04. The average Bonchev–Trinajstić information content (AvgIpc) is 2.31. The topological polar surface area (TPSA) is 0 Å². The molecule has 0 saturated heterocycles. The predicted molar refractivity (Wildman–Crippen MR) is 67.9 cm³/mol. The van der Waals surface area contributed by atoms with Crippen LogP contribution in [0.25, 0.3) is 0 Å². The Morgan fingerprint density at radius 3 is 2.47 bits per heavy atom. The van der Waals surface area contributed by atoms with E-state index in [1.54, 1.807) is 0 Å². The lowest BCUT2D eigenvalue weighted by molar-refractivity contribution is 0.584. The maximum atomic E-state index is 13.5. The highest BCUT2D eigenvalue weighted by molar-refractivity contribution is 7.65. The fourth-order valence-corrected chi connectivity index (χ4v) is 3.46. The number of benzene rings is 1. The SMILES string of the molecule is CCCCCCP(CF)c1ccc(F)cc1F. The van der Waals surface area contributed by atoms with Gasteiger partial charge in [0.15, 0.2) is 0 Å². The third-order valence-electron chi connectivity index (χ3n) is 2.68. The summed E-state index contributed by atoms with van der Waals surface area (Å²) < 4.78 is 39.1. The highest BCUT2D eigenvalue weighted by atomic mass is 31.1. The lowest BCUT2D eigenvalue weighted by Gasteiger charge is -2.14. The van der Waals surface area contributed by atoms with Crippen molar-refractivity contribution in [3.63, 3.8) is 0 Å². The summed E-state index contributed by atoms with van der Waals surface area (Å²) in [4.78, 5) is 0. The molecule has 0 aliphatic carbocycles. The molecule has 1 rings (SSSR count). The van der Waals surface area contributed by atoms with Gasteiger partial charge in [0.05, 0.1) is 0 Å². The highest BCUT2D eigenvalue weighted by Gasteiger charge is 2.15. The second kappa shape index (κ2) is 7.71. The molecule has 1 aromatic rings. The quantitative estimate of drug-likeness (QED) is 0.498. The van der Waals surface area contributed by atoms with Crippen molar-refractivity contribution in [2.24, 2.45) is 0 Å². The molecular weight excluding hydrogens is 244 g/mol. The molecule has 4 heteroatoms. The Morgan fingerprint density at radius 1 is 1.12 bits per heavy atom. The summed E-state index contributed by atoms with van der Waals surface area (Å²) in [6, 6.07) is 3.43. The molecule has 0 amide bonds. The molecule has 0 N–H and O–H groups in total. The summed E-state index contributed by atoms with van der Waals surface area (Å²) >= 11 is 0. The molecule has 96 valence electrons. The van der Waals surface area contributed by atoms with Crippen LogP contribution in [0.3, 0.4) is 0 Å². The van der Waals surface area contributed by atoms with Crippen molar-refractivity contribution in [1.29, 1.82) is 0 Å². The van der Waals surface area contributed by atoms with Crippen LogP contribution in [-0.4, -0.2) is 12.6 Å². The van der Waals surface area contributed by atoms with Crippen molar-refractivity contribution in [1.82, 2.24) is 0 Å². The largest absolute Gasteiger partial charge is 0.246 e. The molecule has 1 aromatic carbocycles. The number of unbranched alkanes of at least 4 members (excludes halogenated alkanes) is 3. The van der Waals surface area contributed by atoms with Crippen LogP contribution < -0.4 is 5.30 Å². The smallest absolute Gasteiger partial charge is 0.133 e. The summed E-state index contributed by atoms with van der Waals surface area (Å²) in [7, 11) is -1.11. The molecule has 1 atom stereocenters. The van der Waals surface area contributed by atoms with Gasteiger partial charge in [-0.1, -0.05) is 26.2 Å². The number of hydrogen-bond donors (Lipinski definition) is 0. The molecule has 0 nitrogen and oxygen atoms in total. The molecule has 0 aliphatic rings. The van der Waals surface area contributed by atoms with Gasteiger partial charge in [0.1, 0.15) is 18.1 Å². The maximum absolute atomic E-state index is 13.5. The van der Waals surface area contributed by atoms with Crippen molar-refractivity contribution in [3.8, 4) is 0 Å². The van der Waals surface area contributed by atoms with Crippen LogP contribution in [0.2, 0.25) is 0 Å². The van der Waals surface area contributed by atoms with Crippen LogP contribution >= 0.6 is 7.92 Å². The first-order valence-electron chi connectivity index (χ1n) is 5.95. The predicted octanol–water partition coefficient (Wildman–Crippen LogP) is 4.58. The number of hydrogen-bond acceptors (Lipinski definition) is 0. The van der Waals surface area contributed by atoms with Crippen molar-refractivity contribution in [3.05, 3.63) is 29.8 Å². The zero-order chi connectivity index (χ0) is 12.7. The fraction of sp³-hybridized carbons (Fsp3) is 0.538. The van der Waals surface area contributed by atoms with E-state index < -0.39 is 26.0 Å². The zero-order valence-electron chi connectivity index (χ0n) is 10.1. The standard InChI is InChI=1S/C13H18F3P/c1-2-3-4-5-8-17(10-14)13-7-6-11(15)9-12(13)16/h6-7,9H,2-5,8,10H2,1H3. The van der Waals surface area contributed by atoms with Crippen LogP contribution in [-0.2, 0) is 0 Å². The molecule has 0 bridgehead atoms. The van der Waals surface area contributed by atoms with E-state index in [1.165, 1.54) is 12.1 Å². The van der Waals surface area contributed by atoms with E-state index in [4.69, 9.17) is 0 Å². The van der Waals surface area contributed by atoms with Crippen LogP contribution in [0.15, 0.2) is 18.2 Å². The zero-order valence-corrected chi connectivity index (χ0v) is 11.0. The summed E-state index contributed by atoms with van der Waals surface area (Å²) in [6.45, 7) is 2.11. The molecule has 17 heavy (non-hydrogen) atoms. The number of rotatable bonds is 7. The van der Waals surface area contributed by atoms with Gasteiger partial charge in [-0.15, -0.1) is 0 Å². The van der Waals surface area contributed by atoms with E-state index in [2.05, 4.69) is 6.92 Å². The average molecular weight is 262 g/mol. The molecule has 0 spiro atoms.